The number of aromatic nitrogens is 2. The van der Waals surface area contributed by atoms with Crippen LogP contribution in [0.15, 0.2) is 30.7 Å². The van der Waals surface area contributed by atoms with Gasteiger partial charge < -0.3 is 19.4 Å². The van der Waals surface area contributed by atoms with Gasteiger partial charge in [0.1, 0.15) is 11.4 Å². The van der Waals surface area contributed by atoms with Crippen LogP contribution in [0, 0.1) is 0 Å². The molecule has 7 heteroatoms. The monoisotopic (exact) mass is 351 g/mol. The molecule has 0 spiro atoms. The van der Waals surface area contributed by atoms with E-state index in [4.69, 9.17) is 21.1 Å². The number of carbonyl (C=O) groups is 1. The van der Waals surface area contributed by atoms with Crippen LogP contribution >= 0.6 is 11.6 Å². The lowest BCUT2D eigenvalue weighted by atomic mass is 10.2. The zero-order valence-corrected chi connectivity index (χ0v) is 15.1. The van der Waals surface area contributed by atoms with Crippen LogP contribution < -0.4 is 10.1 Å². The van der Waals surface area contributed by atoms with Gasteiger partial charge in [-0.25, -0.2) is 9.78 Å². The second-order valence-electron chi connectivity index (χ2n) is 6.25. The van der Waals surface area contributed by atoms with Crippen LogP contribution in [0.5, 0.6) is 5.75 Å². The van der Waals surface area contributed by atoms with Gasteiger partial charge >= 0.3 is 6.09 Å². The van der Waals surface area contributed by atoms with E-state index in [1.165, 1.54) is 0 Å². The number of hydrogen-bond acceptors (Lipinski definition) is 4. The van der Waals surface area contributed by atoms with E-state index >= 15 is 0 Å². The molecule has 0 saturated carbocycles. The summed E-state index contributed by atoms with van der Waals surface area (Å²) in [6.45, 7) is 5.93. The Labute approximate surface area is 146 Å². The first kappa shape index (κ1) is 18.1. The Balaban J connectivity index is 2.01. The highest BCUT2D eigenvalue weighted by atomic mass is 35.5. The minimum Gasteiger partial charge on any atom is -0.495 e. The first-order valence-corrected chi connectivity index (χ1v) is 8.00. The minimum absolute atomic E-state index is 0.430. The maximum atomic E-state index is 11.7. The van der Waals surface area contributed by atoms with Crippen molar-refractivity contribution in [2.45, 2.75) is 32.8 Å². The predicted octanol–water partition coefficient (Wildman–Crippen LogP) is 3.60. The molecule has 1 aromatic carbocycles. The number of methoxy groups -OCH3 is 1. The molecule has 24 heavy (non-hydrogen) atoms. The summed E-state index contributed by atoms with van der Waals surface area (Å²) >= 11 is 6.17. The zero-order chi connectivity index (χ0) is 17.7. The van der Waals surface area contributed by atoms with Crippen LogP contribution in [0.2, 0.25) is 5.02 Å². The van der Waals surface area contributed by atoms with Gasteiger partial charge in [0.05, 0.1) is 18.5 Å². The van der Waals surface area contributed by atoms with Crippen molar-refractivity contribution < 1.29 is 14.3 Å². The lowest BCUT2D eigenvalue weighted by Gasteiger charge is -2.19. The summed E-state index contributed by atoms with van der Waals surface area (Å²) in [5.74, 6) is 0.619. The topological polar surface area (TPSA) is 65.4 Å². The molecule has 0 bridgehead atoms. The third-order valence-electron chi connectivity index (χ3n) is 3.18. The number of amides is 1. The van der Waals surface area contributed by atoms with Crippen molar-refractivity contribution in [2.24, 2.45) is 0 Å². The van der Waals surface area contributed by atoms with Gasteiger partial charge in [0.15, 0.2) is 0 Å². The maximum absolute atomic E-state index is 11.7. The first-order chi connectivity index (χ1) is 11.3. The van der Waals surface area contributed by atoms with Crippen molar-refractivity contribution in [3.8, 4) is 11.4 Å². The van der Waals surface area contributed by atoms with E-state index in [1.807, 2.05) is 37.5 Å². The molecule has 2 rings (SSSR count). The molecular formula is C17H22ClN3O3. The molecule has 0 aliphatic carbocycles. The van der Waals surface area contributed by atoms with E-state index in [-0.39, 0.29) is 0 Å². The van der Waals surface area contributed by atoms with Crippen LogP contribution in [0.3, 0.4) is 0 Å². The van der Waals surface area contributed by atoms with Crippen molar-refractivity contribution in [1.29, 1.82) is 0 Å². The average molecular weight is 352 g/mol. The molecule has 1 N–H and O–H groups in total. The Hall–Kier alpha value is -2.21. The molecule has 2 aromatic rings. The molecule has 0 unspecified atom stereocenters. The van der Waals surface area contributed by atoms with Gasteiger partial charge in [0.2, 0.25) is 0 Å². The minimum atomic E-state index is -0.508. The van der Waals surface area contributed by atoms with Crippen LogP contribution in [0.25, 0.3) is 5.69 Å². The molecular weight excluding hydrogens is 330 g/mol. The summed E-state index contributed by atoms with van der Waals surface area (Å²) in [5.41, 5.74) is 1.32. The normalized spacial score (nSPS) is 11.2. The highest BCUT2D eigenvalue weighted by Crippen LogP contribution is 2.27. The van der Waals surface area contributed by atoms with Gasteiger partial charge in [-0.1, -0.05) is 11.6 Å². The SMILES string of the molecule is COc1ccc(-n2cncc2CCNC(=O)OC(C)(C)C)cc1Cl. The first-order valence-electron chi connectivity index (χ1n) is 7.62. The van der Waals surface area contributed by atoms with Gasteiger partial charge in [0.25, 0.3) is 0 Å². The fourth-order valence-corrected chi connectivity index (χ4v) is 2.40. The van der Waals surface area contributed by atoms with Crippen molar-refractivity contribution >= 4 is 17.7 Å². The third-order valence-corrected chi connectivity index (χ3v) is 3.47. The van der Waals surface area contributed by atoms with Gasteiger partial charge in [-0.3, -0.25) is 0 Å². The summed E-state index contributed by atoms with van der Waals surface area (Å²) in [4.78, 5) is 15.8. The van der Waals surface area contributed by atoms with Crippen molar-refractivity contribution in [3.63, 3.8) is 0 Å². The van der Waals surface area contributed by atoms with Crippen LogP contribution in [-0.2, 0) is 11.2 Å². The fraction of sp³-hybridized carbons (Fsp3) is 0.412. The molecule has 0 aliphatic heterocycles. The number of halogens is 1. The Bertz CT molecular complexity index is 707. The number of hydrogen-bond donors (Lipinski definition) is 1. The van der Waals surface area contributed by atoms with Crippen LogP contribution in [0.1, 0.15) is 26.5 Å². The Morgan fingerprint density at radius 1 is 1.38 bits per heavy atom. The van der Waals surface area contributed by atoms with Crippen molar-refractivity contribution in [3.05, 3.63) is 41.4 Å². The number of carbonyl (C=O) groups excluding carboxylic acids is 1. The molecule has 0 fully saturated rings. The largest absolute Gasteiger partial charge is 0.495 e. The highest BCUT2D eigenvalue weighted by molar-refractivity contribution is 6.32. The number of imidazole rings is 1. The number of alkyl carbamates (subject to hydrolysis) is 1. The quantitative estimate of drug-likeness (QED) is 0.893. The summed E-state index contributed by atoms with van der Waals surface area (Å²) < 4.78 is 12.3. The molecule has 130 valence electrons. The molecule has 1 aromatic heterocycles. The summed E-state index contributed by atoms with van der Waals surface area (Å²) in [5, 5.41) is 3.27. The molecule has 0 radical (unpaired) electrons. The van der Waals surface area contributed by atoms with Gasteiger partial charge in [-0.15, -0.1) is 0 Å². The third kappa shape index (κ3) is 4.89. The summed E-state index contributed by atoms with van der Waals surface area (Å²) in [7, 11) is 1.58. The van der Waals surface area contributed by atoms with E-state index in [0.29, 0.717) is 23.7 Å². The molecule has 1 amide bonds. The van der Waals surface area contributed by atoms with E-state index in [9.17, 15) is 4.79 Å². The lowest BCUT2D eigenvalue weighted by Crippen LogP contribution is -2.33. The smallest absolute Gasteiger partial charge is 0.407 e. The summed E-state index contributed by atoms with van der Waals surface area (Å²) in [6.07, 6.45) is 3.65. The van der Waals surface area contributed by atoms with E-state index in [2.05, 4.69) is 10.3 Å². The van der Waals surface area contributed by atoms with Crippen molar-refractivity contribution in [2.75, 3.05) is 13.7 Å². The van der Waals surface area contributed by atoms with Crippen LogP contribution in [-0.4, -0.2) is 34.9 Å². The molecule has 6 nitrogen and oxygen atoms in total. The molecule has 1 heterocycles. The van der Waals surface area contributed by atoms with E-state index < -0.39 is 11.7 Å². The zero-order valence-electron chi connectivity index (χ0n) is 14.3. The average Bonchev–Trinajstić information content (AvgIpc) is 2.93. The molecule has 0 saturated heterocycles. The number of nitrogens with one attached hydrogen (secondary N) is 1. The number of benzene rings is 1. The number of ether oxygens (including phenoxy) is 2. The predicted molar refractivity (Wildman–Crippen MR) is 93.1 cm³/mol. The molecule has 0 atom stereocenters. The fourth-order valence-electron chi connectivity index (χ4n) is 2.15. The van der Waals surface area contributed by atoms with E-state index in [1.54, 1.807) is 25.7 Å². The maximum Gasteiger partial charge on any atom is 0.407 e. The standard InChI is InChI=1S/C17H22ClN3O3/c1-17(2,3)24-16(22)20-8-7-13-10-19-11-21(13)12-5-6-15(23-4)14(18)9-12/h5-6,9-11H,7-8H2,1-4H3,(H,20,22). The van der Waals surface area contributed by atoms with Crippen molar-refractivity contribution in [1.82, 2.24) is 14.9 Å². The second-order valence-corrected chi connectivity index (χ2v) is 6.66. The van der Waals surface area contributed by atoms with Gasteiger partial charge in [-0.2, -0.15) is 0 Å². The second kappa shape index (κ2) is 7.57. The van der Waals surface area contributed by atoms with Crippen LogP contribution in [0.4, 0.5) is 4.79 Å². The molecule has 0 aliphatic rings. The Morgan fingerprint density at radius 3 is 2.75 bits per heavy atom. The number of rotatable bonds is 5. The van der Waals surface area contributed by atoms with E-state index in [0.717, 1.165) is 11.4 Å². The Kier molecular flexibility index (Phi) is 5.72. The van der Waals surface area contributed by atoms with Gasteiger partial charge in [-0.05, 0) is 39.0 Å². The lowest BCUT2D eigenvalue weighted by molar-refractivity contribution is 0.0528. The Morgan fingerprint density at radius 2 is 2.12 bits per heavy atom. The summed E-state index contributed by atoms with van der Waals surface area (Å²) in [6, 6.07) is 5.52. The number of nitrogens with zero attached hydrogens (tertiary/aromatic N) is 2. The highest BCUT2D eigenvalue weighted by Gasteiger charge is 2.16. The van der Waals surface area contributed by atoms with Gasteiger partial charge in [0, 0.05) is 30.5 Å².